The topological polar surface area (TPSA) is 54.2 Å². The molecule has 1 heterocycles. The molecule has 0 radical (unpaired) electrons. The molecule has 0 aliphatic rings. The van der Waals surface area contributed by atoms with Crippen LogP contribution in [0.25, 0.3) is 0 Å². The highest BCUT2D eigenvalue weighted by Gasteiger charge is 2.06. The summed E-state index contributed by atoms with van der Waals surface area (Å²) in [6.07, 6.45) is 3.85. The van der Waals surface area contributed by atoms with Crippen molar-refractivity contribution >= 4 is 5.96 Å². The molecule has 118 valence electrons. The highest BCUT2D eigenvalue weighted by atomic mass is 15.2. The maximum atomic E-state index is 4.26. The molecule has 0 fully saturated rings. The quantitative estimate of drug-likeness (QED) is 0.657. The third-order valence-corrected chi connectivity index (χ3v) is 3.66. The smallest absolute Gasteiger partial charge is 0.191 e. The largest absolute Gasteiger partial charge is 0.356 e. The molecular formula is C17H25N5. The van der Waals surface area contributed by atoms with E-state index in [-0.39, 0.29) is 0 Å². The zero-order chi connectivity index (χ0) is 15.9. The summed E-state index contributed by atoms with van der Waals surface area (Å²) in [7, 11) is 3.70. The first-order valence-electron chi connectivity index (χ1n) is 7.57. The van der Waals surface area contributed by atoms with Gasteiger partial charge in [0.05, 0.1) is 6.20 Å². The summed E-state index contributed by atoms with van der Waals surface area (Å²) < 4.78 is 1.80. The summed E-state index contributed by atoms with van der Waals surface area (Å²) >= 11 is 0. The first kappa shape index (κ1) is 16.1. The number of hydrogen-bond donors (Lipinski definition) is 2. The number of aliphatic imine (C=N–C) groups is 1. The highest BCUT2D eigenvalue weighted by Crippen LogP contribution is 2.14. The Morgan fingerprint density at radius 3 is 2.59 bits per heavy atom. The van der Waals surface area contributed by atoms with E-state index in [1.807, 2.05) is 19.4 Å². The molecule has 0 amide bonds. The molecule has 1 unspecified atom stereocenters. The van der Waals surface area contributed by atoms with Gasteiger partial charge < -0.3 is 10.6 Å². The van der Waals surface area contributed by atoms with Gasteiger partial charge in [-0.25, -0.2) is 0 Å². The minimum Gasteiger partial charge on any atom is -0.356 e. The maximum Gasteiger partial charge on any atom is 0.191 e. The minimum atomic E-state index is 0.428. The molecule has 0 spiro atoms. The molecule has 0 aliphatic carbocycles. The Kier molecular flexibility index (Phi) is 5.58. The van der Waals surface area contributed by atoms with Gasteiger partial charge in [0.2, 0.25) is 0 Å². The fraction of sp³-hybridized carbons (Fsp3) is 0.412. The molecule has 5 nitrogen and oxygen atoms in total. The Balaban J connectivity index is 1.81. The first-order chi connectivity index (χ1) is 10.6. The van der Waals surface area contributed by atoms with Crippen LogP contribution in [0.2, 0.25) is 0 Å². The second kappa shape index (κ2) is 7.64. The first-order valence-corrected chi connectivity index (χ1v) is 7.57. The number of aryl methyl sites for hydroxylation is 2. The number of nitrogens with zero attached hydrogens (tertiary/aromatic N) is 3. The Morgan fingerprint density at radius 2 is 2.00 bits per heavy atom. The average Bonchev–Trinajstić information content (AvgIpc) is 2.93. The predicted molar refractivity (Wildman–Crippen MR) is 91.0 cm³/mol. The summed E-state index contributed by atoms with van der Waals surface area (Å²) in [6.45, 7) is 5.88. The molecule has 0 saturated carbocycles. The fourth-order valence-corrected chi connectivity index (χ4v) is 2.23. The SMILES string of the molecule is CN=C(NCc1cnn(C)c1)NCC(C)c1ccc(C)cc1. The van der Waals surface area contributed by atoms with Crippen molar-refractivity contribution in [3.05, 3.63) is 53.3 Å². The van der Waals surface area contributed by atoms with E-state index in [0.717, 1.165) is 18.1 Å². The van der Waals surface area contributed by atoms with Crippen LogP contribution in [0.3, 0.4) is 0 Å². The van der Waals surface area contributed by atoms with Crippen molar-refractivity contribution < 1.29 is 0 Å². The highest BCUT2D eigenvalue weighted by molar-refractivity contribution is 5.79. The monoisotopic (exact) mass is 299 g/mol. The lowest BCUT2D eigenvalue weighted by molar-refractivity contribution is 0.698. The van der Waals surface area contributed by atoms with Crippen LogP contribution in [0.5, 0.6) is 0 Å². The summed E-state index contributed by atoms with van der Waals surface area (Å²) in [5, 5.41) is 10.8. The molecule has 5 heteroatoms. The van der Waals surface area contributed by atoms with Gasteiger partial charge in [0, 0.05) is 38.9 Å². The van der Waals surface area contributed by atoms with Gasteiger partial charge in [-0.3, -0.25) is 9.67 Å². The normalized spacial score (nSPS) is 13.0. The zero-order valence-electron chi connectivity index (χ0n) is 13.8. The van der Waals surface area contributed by atoms with Crippen molar-refractivity contribution in [1.29, 1.82) is 0 Å². The van der Waals surface area contributed by atoms with Crippen LogP contribution < -0.4 is 10.6 Å². The summed E-state index contributed by atoms with van der Waals surface area (Å²) in [5.74, 6) is 1.24. The van der Waals surface area contributed by atoms with E-state index < -0.39 is 0 Å². The van der Waals surface area contributed by atoms with E-state index in [4.69, 9.17) is 0 Å². The number of benzene rings is 1. The summed E-state index contributed by atoms with van der Waals surface area (Å²) in [4.78, 5) is 4.26. The van der Waals surface area contributed by atoms with Crippen molar-refractivity contribution in [3.8, 4) is 0 Å². The minimum absolute atomic E-state index is 0.428. The van der Waals surface area contributed by atoms with Gasteiger partial charge in [0.1, 0.15) is 0 Å². The van der Waals surface area contributed by atoms with Crippen LogP contribution in [0.1, 0.15) is 29.5 Å². The van der Waals surface area contributed by atoms with Crippen LogP contribution in [0.4, 0.5) is 0 Å². The average molecular weight is 299 g/mol. The van der Waals surface area contributed by atoms with Gasteiger partial charge in [-0.1, -0.05) is 36.8 Å². The van der Waals surface area contributed by atoms with E-state index in [9.17, 15) is 0 Å². The van der Waals surface area contributed by atoms with Gasteiger partial charge in [-0.2, -0.15) is 5.10 Å². The molecule has 0 bridgehead atoms. The molecule has 0 saturated heterocycles. The van der Waals surface area contributed by atoms with Crippen molar-refractivity contribution in [3.63, 3.8) is 0 Å². The summed E-state index contributed by atoms with van der Waals surface area (Å²) in [6, 6.07) is 8.68. The van der Waals surface area contributed by atoms with E-state index in [2.05, 4.69) is 58.8 Å². The Hall–Kier alpha value is -2.30. The van der Waals surface area contributed by atoms with E-state index in [1.54, 1.807) is 11.7 Å². The lowest BCUT2D eigenvalue weighted by Gasteiger charge is -2.16. The van der Waals surface area contributed by atoms with Crippen LogP contribution >= 0.6 is 0 Å². The van der Waals surface area contributed by atoms with Gasteiger partial charge in [-0.15, -0.1) is 0 Å². The van der Waals surface area contributed by atoms with E-state index in [1.165, 1.54) is 11.1 Å². The molecule has 2 rings (SSSR count). The Bertz CT molecular complexity index is 612. The molecule has 1 aromatic heterocycles. The molecule has 0 aliphatic heterocycles. The number of rotatable bonds is 5. The molecule has 2 aromatic rings. The Labute approximate surface area is 132 Å². The van der Waals surface area contributed by atoms with Crippen molar-refractivity contribution in [1.82, 2.24) is 20.4 Å². The number of nitrogens with one attached hydrogen (secondary N) is 2. The lowest BCUT2D eigenvalue weighted by atomic mass is 10.0. The Morgan fingerprint density at radius 1 is 1.27 bits per heavy atom. The molecule has 22 heavy (non-hydrogen) atoms. The van der Waals surface area contributed by atoms with E-state index >= 15 is 0 Å². The van der Waals surface area contributed by atoms with E-state index in [0.29, 0.717) is 12.5 Å². The van der Waals surface area contributed by atoms with Gasteiger partial charge in [0.15, 0.2) is 5.96 Å². The van der Waals surface area contributed by atoms with Crippen molar-refractivity contribution in [2.75, 3.05) is 13.6 Å². The third-order valence-electron chi connectivity index (χ3n) is 3.66. The standard InChI is InChI=1S/C17H25N5/c1-13-5-7-16(8-6-13)14(2)9-19-17(18-3)20-10-15-11-21-22(4)12-15/h5-8,11-12,14H,9-10H2,1-4H3,(H2,18,19,20). The van der Waals surface area contributed by atoms with Crippen LogP contribution in [0.15, 0.2) is 41.7 Å². The van der Waals surface area contributed by atoms with Gasteiger partial charge >= 0.3 is 0 Å². The molecular weight excluding hydrogens is 274 g/mol. The predicted octanol–water partition coefficient (Wildman–Crippen LogP) is 2.20. The number of aromatic nitrogens is 2. The molecule has 1 atom stereocenters. The van der Waals surface area contributed by atoms with Gasteiger partial charge in [0.25, 0.3) is 0 Å². The van der Waals surface area contributed by atoms with Crippen LogP contribution in [-0.4, -0.2) is 29.3 Å². The fourth-order valence-electron chi connectivity index (χ4n) is 2.23. The van der Waals surface area contributed by atoms with Crippen molar-refractivity contribution in [2.45, 2.75) is 26.3 Å². The molecule has 2 N–H and O–H groups in total. The number of hydrogen-bond acceptors (Lipinski definition) is 2. The van der Waals surface area contributed by atoms with Crippen molar-refractivity contribution in [2.24, 2.45) is 12.0 Å². The second-order valence-electron chi connectivity index (χ2n) is 5.64. The maximum absolute atomic E-state index is 4.26. The van der Waals surface area contributed by atoms with Crippen LogP contribution in [0, 0.1) is 6.92 Å². The molecule has 1 aromatic carbocycles. The third kappa shape index (κ3) is 4.62. The van der Waals surface area contributed by atoms with Crippen LogP contribution in [-0.2, 0) is 13.6 Å². The zero-order valence-corrected chi connectivity index (χ0v) is 13.8. The van der Waals surface area contributed by atoms with Gasteiger partial charge in [-0.05, 0) is 18.4 Å². The lowest BCUT2D eigenvalue weighted by Crippen LogP contribution is -2.38. The second-order valence-corrected chi connectivity index (χ2v) is 5.64. The summed E-state index contributed by atoms with van der Waals surface area (Å²) in [5.41, 5.74) is 3.76. The number of guanidine groups is 1.